The van der Waals surface area contributed by atoms with Crippen LogP contribution in [0, 0.1) is 10.1 Å². The maximum Gasteiger partial charge on any atom is 0.272 e. The summed E-state index contributed by atoms with van der Waals surface area (Å²) in [7, 11) is 0. The number of para-hydroxylation sites is 2. The number of hydrogen-bond acceptors (Lipinski definition) is 4. The smallest absolute Gasteiger partial charge is 0.272 e. The van der Waals surface area contributed by atoms with Crippen LogP contribution in [0.25, 0.3) is 11.0 Å². The molecule has 0 saturated carbocycles. The Hall–Kier alpha value is -2.66. The first kappa shape index (κ1) is 13.3. The van der Waals surface area contributed by atoms with Crippen molar-refractivity contribution in [3.63, 3.8) is 0 Å². The van der Waals surface area contributed by atoms with E-state index in [-0.39, 0.29) is 10.6 Å². The first-order chi connectivity index (χ1) is 10.1. The molecule has 0 saturated heterocycles. The van der Waals surface area contributed by atoms with E-state index in [0.29, 0.717) is 17.7 Å². The lowest BCUT2D eigenvalue weighted by molar-refractivity contribution is -0.385. The van der Waals surface area contributed by atoms with E-state index in [0.717, 1.165) is 11.0 Å². The first-order valence-electron chi connectivity index (χ1n) is 6.61. The van der Waals surface area contributed by atoms with Gasteiger partial charge in [0.2, 0.25) is 0 Å². The topological polar surface area (TPSA) is 82.3 Å². The number of nitrogens with two attached hydrogens (primary N) is 1. The minimum Gasteiger partial charge on any atom is -0.459 e. The van der Waals surface area contributed by atoms with Gasteiger partial charge in [-0.15, -0.1) is 0 Å². The highest BCUT2D eigenvalue weighted by Crippen LogP contribution is 2.27. The molecular formula is C16H14N2O3. The summed E-state index contributed by atoms with van der Waals surface area (Å²) in [6.45, 7) is 0. The van der Waals surface area contributed by atoms with Crippen molar-refractivity contribution in [3.8, 4) is 0 Å². The third kappa shape index (κ3) is 2.64. The molecule has 0 radical (unpaired) electrons. The van der Waals surface area contributed by atoms with Crippen LogP contribution in [0.15, 0.2) is 59.0 Å². The summed E-state index contributed by atoms with van der Waals surface area (Å²) in [5.74, 6) is 0.634. The molecule has 0 aliphatic carbocycles. The van der Waals surface area contributed by atoms with Gasteiger partial charge in [0.05, 0.1) is 11.0 Å². The zero-order valence-corrected chi connectivity index (χ0v) is 11.2. The van der Waals surface area contributed by atoms with Gasteiger partial charge in [-0.05, 0) is 12.1 Å². The van der Waals surface area contributed by atoms with Crippen LogP contribution in [0.2, 0.25) is 0 Å². The molecule has 106 valence electrons. The predicted octanol–water partition coefficient (Wildman–Crippen LogP) is 3.58. The van der Waals surface area contributed by atoms with Crippen molar-refractivity contribution in [1.29, 1.82) is 0 Å². The summed E-state index contributed by atoms with van der Waals surface area (Å²) in [6, 6.07) is 15.7. The molecule has 2 aromatic carbocycles. The maximum absolute atomic E-state index is 11.0. The van der Waals surface area contributed by atoms with Crippen molar-refractivity contribution >= 4 is 16.7 Å². The standard InChI is InChI=1S/C16H14N2O3/c17-13(9-11-5-1-3-7-14(11)18(19)20)16-10-12-6-2-4-8-15(12)21-16/h1-8,10,13H,9,17H2. The summed E-state index contributed by atoms with van der Waals surface area (Å²) < 4.78 is 5.71. The third-order valence-corrected chi connectivity index (χ3v) is 3.44. The Morgan fingerprint density at radius 3 is 2.62 bits per heavy atom. The Labute approximate surface area is 121 Å². The Kier molecular flexibility index (Phi) is 3.41. The molecule has 0 spiro atoms. The zero-order valence-electron chi connectivity index (χ0n) is 11.2. The zero-order chi connectivity index (χ0) is 14.8. The lowest BCUT2D eigenvalue weighted by Gasteiger charge is -2.08. The van der Waals surface area contributed by atoms with Crippen LogP contribution in [0.3, 0.4) is 0 Å². The fourth-order valence-corrected chi connectivity index (χ4v) is 2.38. The number of fused-ring (bicyclic) bond motifs is 1. The van der Waals surface area contributed by atoms with Crippen LogP contribution >= 0.6 is 0 Å². The van der Waals surface area contributed by atoms with Crippen LogP contribution in [0.1, 0.15) is 17.4 Å². The molecule has 0 aliphatic rings. The quantitative estimate of drug-likeness (QED) is 0.585. The average Bonchev–Trinajstić information content (AvgIpc) is 2.91. The second-order valence-electron chi connectivity index (χ2n) is 4.88. The minimum atomic E-state index is -0.418. The lowest BCUT2D eigenvalue weighted by atomic mass is 10.0. The number of rotatable bonds is 4. The SMILES string of the molecule is NC(Cc1ccccc1[N+](=O)[O-])c1cc2ccccc2o1. The molecule has 0 bridgehead atoms. The maximum atomic E-state index is 11.0. The fourth-order valence-electron chi connectivity index (χ4n) is 2.38. The molecular weight excluding hydrogens is 268 g/mol. The fraction of sp³-hybridized carbons (Fsp3) is 0.125. The van der Waals surface area contributed by atoms with Gasteiger partial charge in [-0.1, -0.05) is 36.4 Å². The highest BCUT2D eigenvalue weighted by molar-refractivity contribution is 5.77. The van der Waals surface area contributed by atoms with Crippen molar-refractivity contribution in [1.82, 2.24) is 0 Å². The van der Waals surface area contributed by atoms with Gasteiger partial charge in [0.1, 0.15) is 11.3 Å². The van der Waals surface area contributed by atoms with Crippen molar-refractivity contribution in [2.75, 3.05) is 0 Å². The molecule has 3 rings (SSSR count). The van der Waals surface area contributed by atoms with E-state index in [2.05, 4.69) is 0 Å². The van der Waals surface area contributed by atoms with Crippen molar-refractivity contribution in [3.05, 3.63) is 76.0 Å². The molecule has 0 fully saturated rings. The second-order valence-corrected chi connectivity index (χ2v) is 4.88. The largest absolute Gasteiger partial charge is 0.459 e. The van der Waals surface area contributed by atoms with Crippen molar-refractivity contribution in [2.24, 2.45) is 5.73 Å². The molecule has 1 aromatic heterocycles. The molecule has 5 heteroatoms. The van der Waals surface area contributed by atoms with E-state index in [1.54, 1.807) is 18.2 Å². The Morgan fingerprint density at radius 1 is 1.14 bits per heavy atom. The van der Waals surface area contributed by atoms with Crippen molar-refractivity contribution in [2.45, 2.75) is 12.5 Å². The monoisotopic (exact) mass is 282 g/mol. The average molecular weight is 282 g/mol. The summed E-state index contributed by atoms with van der Waals surface area (Å²) in [5, 5.41) is 12.0. The highest BCUT2D eigenvalue weighted by atomic mass is 16.6. The number of hydrogen-bond donors (Lipinski definition) is 1. The summed E-state index contributed by atoms with van der Waals surface area (Å²) in [4.78, 5) is 10.6. The third-order valence-electron chi connectivity index (χ3n) is 3.44. The van der Waals surface area contributed by atoms with E-state index in [4.69, 9.17) is 10.2 Å². The molecule has 0 aliphatic heterocycles. The van der Waals surface area contributed by atoms with Crippen LogP contribution < -0.4 is 5.73 Å². The normalized spacial score (nSPS) is 12.4. The van der Waals surface area contributed by atoms with Gasteiger partial charge in [0, 0.05) is 23.4 Å². The van der Waals surface area contributed by atoms with E-state index in [1.165, 1.54) is 6.07 Å². The van der Waals surface area contributed by atoms with Crippen molar-refractivity contribution < 1.29 is 9.34 Å². The number of benzene rings is 2. The van der Waals surface area contributed by atoms with E-state index in [1.807, 2.05) is 30.3 Å². The van der Waals surface area contributed by atoms with Gasteiger partial charge in [0.15, 0.2) is 0 Å². The van der Waals surface area contributed by atoms with E-state index < -0.39 is 6.04 Å². The van der Waals surface area contributed by atoms with E-state index >= 15 is 0 Å². The van der Waals surface area contributed by atoms with Crippen LogP contribution in [0.4, 0.5) is 5.69 Å². The van der Waals surface area contributed by atoms with Gasteiger partial charge in [-0.25, -0.2) is 0 Å². The van der Waals surface area contributed by atoms with Gasteiger partial charge < -0.3 is 10.2 Å². The molecule has 5 nitrogen and oxygen atoms in total. The highest BCUT2D eigenvalue weighted by Gasteiger charge is 2.18. The molecule has 3 aromatic rings. The van der Waals surface area contributed by atoms with Gasteiger partial charge in [-0.2, -0.15) is 0 Å². The molecule has 21 heavy (non-hydrogen) atoms. The molecule has 1 heterocycles. The van der Waals surface area contributed by atoms with E-state index in [9.17, 15) is 10.1 Å². The molecule has 0 amide bonds. The number of nitro groups is 1. The lowest BCUT2D eigenvalue weighted by Crippen LogP contribution is -2.13. The Morgan fingerprint density at radius 2 is 1.86 bits per heavy atom. The number of nitro benzene ring substituents is 1. The summed E-state index contributed by atoms with van der Waals surface area (Å²) in [6.07, 6.45) is 0.358. The van der Waals surface area contributed by atoms with Crippen LogP contribution in [0.5, 0.6) is 0 Å². The minimum absolute atomic E-state index is 0.0871. The van der Waals surface area contributed by atoms with Gasteiger partial charge >= 0.3 is 0 Å². The molecule has 1 unspecified atom stereocenters. The summed E-state index contributed by atoms with van der Waals surface area (Å²) in [5.41, 5.74) is 7.61. The first-order valence-corrected chi connectivity index (χ1v) is 6.61. The van der Waals surface area contributed by atoms with Crippen LogP contribution in [-0.4, -0.2) is 4.92 Å². The van der Waals surface area contributed by atoms with Gasteiger partial charge in [0.25, 0.3) is 5.69 Å². The van der Waals surface area contributed by atoms with Gasteiger partial charge in [-0.3, -0.25) is 10.1 Å². The Balaban J connectivity index is 1.89. The number of furan rings is 1. The predicted molar refractivity (Wildman–Crippen MR) is 79.9 cm³/mol. The molecule has 2 N–H and O–H groups in total. The second kappa shape index (κ2) is 5.38. The molecule has 1 atom stereocenters. The number of nitrogens with zero attached hydrogens (tertiary/aromatic N) is 1. The Bertz CT molecular complexity index is 762. The van der Waals surface area contributed by atoms with Crippen LogP contribution in [-0.2, 0) is 6.42 Å². The summed E-state index contributed by atoms with van der Waals surface area (Å²) >= 11 is 0.